The molecule has 0 amide bonds. The number of nitrogens with zero attached hydrogens (tertiary/aromatic N) is 1. The van der Waals surface area contributed by atoms with Crippen LogP contribution in [0.5, 0.6) is 0 Å². The van der Waals surface area contributed by atoms with Crippen LogP contribution >= 0.6 is 0 Å². The topological polar surface area (TPSA) is 57.1 Å². The zero-order valence-corrected chi connectivity index (χ0v) is 8.51. The zero-order chi connectivity index (χ0) is 10.7. The quantitative estimate of drug-likeness (QED) is 0.653. The Labute approximate surface area is 87.7 Å². The first-order valence-electron chi connectivity index (χ1n) is 5.02. The molecule has 0 radical (unpaired) electrons. The van der Waals surface area contributed by atoms with Gasteiger partial charge in [0, 0.05) is 18.7 Å². The molecule has 0 aromatic carbocycles. The third kappa shape index (κ3) is 2.36. The predicted molar refractivity (Wildman–Crippen MR) is 52.2 cm³/mol. The fraction of sp³-hybridized carbons (Fsp3) is 0.600. The Kier molecular flexibility index (Phi) is 3.01. The van der Waals surface area contributed by atoms with Crippen molar-refractivity contribution in [1.29, 1.82) is 0 Å². The van der Waals surface area contributed by atoms with Crippen molar-refractivity contribution in [3.8, 4) is 0 Å². The lowest BCUT2D eigenvalue weighted by atomic mass is 10.2. The molecular formula is C10H13NO4. The third-order valence-electron chi connectivity index (χ3n) is 2.20. The molecule has 0 aliphatic carbocycles. The van der Waals surface area contributed by atoms with Crippen molar-refractivity contribution < 1.29 is 19.0 Å². The summed E-state index contributed by atoms with van der Waals surface area (Å²) in [6, 6.07) is 0. The number of ether oxygens (including phenoxy) is 3. The molecule has 5 nitrogen and oxygen atoms in total. The number of hydrogen-bond acceptors (Lipinski definition) is 5. The van der Waals surface area contributed by atoms with Gasteiger partial charge in [0.25, 0.3) is 0 Å². The number of rotatable bonds is 3. The fourth-order valence-electron chi connectivity index (χ4n) is 1.44. The zero-order valence-electron chi connectivity index (χ0n) is 8.51. The number of carbonyl (C=O) groups is 1. The molecule has 0 bridgehead atoms. The monoisotopic (exact) mass is 211 g/mol. The van der Waals surface area contributed by atoms with Crippen molar-refractivity contribution in [3.05, 3.63) is 12.3 Å². The fourth-order valence-corrected chi connectivity index (χ4v) is 1.44. The molecule has 1 fully saturated rings. The molecule has 2 aliphatic rings. The van der Waals surface area contributed by atoms with Crippen LogP contribution in [0, 0.1) is 0 Å². The molecular weight excluding hydrogens is 198 g/mol. The average Bonchev–Trinajstić information content (AvgIpc) is 2.60. The van der Waals surface area contributed by atoms with Crippen molar-refractivity contribution in [3.63, 3.8) is 0 Å². The first-order valence-corrected chi connectivity index (χ1v) is 5.02. The molecule has 2 heterocycles. The van der Waals surface area contributed by atoms with Gasteiger partial charge >= 0.3 is 5.97 Å². The molecule has 2 aliphatic heterocycles. The first-order chi connectivity index (χ1) is 7.29. The van der Waals surface area contributed by atoms with Gasteiger partial charge in [0.1, 0.15) is 0 Å². The van der Waals surface area contributed by atoms with E-state index in [-0.39, 0.29) is 12.3 Å². The SMILES string of the molecule is CCOC(=O)[C@H]1CC[C@H](OC2=NC=C2)O1. The molecule has 0 saturated carbocycles. The molecule has 0 aromatic rings. The second-order valence-electron chi connectivity index (χ2n) is 3.28. The highest BCUT2D eigenvalue weighted by Crippen LogP contribution is 2.22. The van der Waals surface area contributed by atoms with Gasteiger partial charge in [-0.15, -0.1) is 0 Å². The second-order valence-corrected chi connectivity index (χ2v) is 3.28. The van der Waals surface area contributed by atoms with Gasteiger partial charge in [-0.05, 0) is 13.3 Å². The molecule has 5 heteroatoms. The summed E-state index contributed by atoms with van der Waals surface area (Å²) in [5, 5.41) is 0. The highest BCUT2D eigenvalue weighted by atomic mass is 16.7. The highest BCUT2D eigenvalue weighted by molar-refractivity contribution is 5.92. The van der Waals surface area contributed by atoms with E-state index in [4.69, 9.17) is 14.2 Å². The molecule has 15 heavy (non-hydrogen) atoms. The number of esters is 1. The first kappa shape index (κ1) is 10.2. The smallest absolute Gasteiger partial charge is 0.335 e. The summed E-state index contributed by atoms with van der Waals surface area (Å²) in [5.41, 5.74) is 0. The predicted octanol–water partition coefficient (Wildman–Crippen LogP) is 0.997. The Hall–Kier alpha value is -1.36. The van der Waals surface area contributed by atoms with Gasteiger partial charge in [-0.25, -0.2) is 9.79 Å². The van der Waals surface area contributed by atoms with Crippen LogP contribution in [0.3, 0.4) is 0 Å². The third-order valence-corrected chi connectivity index (χ3v) is 2.20. The lowest BCUT2D eigenvalue weighted by Crippen LogP contribution is -2.25. The van der Waals surface area contributed by atoms with Crippen LogP contribution in [0.15, 0.2) is 17.3 Å². The van der Waals surface area contributed by atoms with E-state index in [1.165, 1.54) is 0 Å². The van der Waals surface area contributed by atoms with Crippen LogP contribution in [0.1, 0.15) is 19.8 Å². The summed E-state index contributed by atoms with van der Waals surface area (Å²) in [4.78, 5) is 15.2. The van der Waals surface area contributed by atoms with Gasteiger partial charge in [-0.3, -0.25) is 0 Å². The minimum absolute atomic E-state index is 0.310. The maximum atomic E-state index is 11.3. The van der Waals surface area contributed by atoms with E-state index in [1.807, 2.05) is 0 Å². The Morgan fingerprint density at radius 3 is 3.07 bits per heavy atom. The normalized spacial score (nSPS) is 28.2. The summed E-state index contributed by atoms with van der Waals surface area (Å²) >= 11 is 0. The van der Waals surface area contributed by atoms with Gasteiger partial charge in [-0.1, -0.05) is 0 Å². The maximum absolute atomic E-state index is 11.3. The van der Waals surface area contributed by atoms with E-state index in [0.717, 1.165) is 0 Å². The largest absolute Gasteiger partial charge is 0.464 e. The van der Waals surface area contributed by atoms with Crippen molar-refractivity contribution >= 4 is 11.9 Å². The van der Waals surface area contributed by atoms with Crippen LogP contribution < -0.4 is 0 Å². The second kappa shape index (κ2) is 4.44. The average molecular weight is 211 g/mol. The highest BCUT2D eigenvalue weighted by Gasteiger charge is 2.33. The molecule has 0 aromatic heterocycles. The van der Waals surface area contributed by atoms with Crippen LogP contribution in [-0.2, 0) is 19.0 Å². The lowest BCUT2D eigenvalue weighted by Gasteiger charge is -2.15. The lowest BCUT2D eigenvalue weighted by molar-refractivity contribution is -0.163. The van der Waals surface area contributed by atoms with Gasteiger partial charge in [0.05, 0.1) is 6.61 Å². The van der Waals surface area contributed by atoms with Crippen molar-refractivity contribution in [2.75, 3.05) is 6.61 Å². The van der Waals surface area contributed by atoms with Gasteiger partial charge < -0.3 is 14.2 Å². The van der Waals surface area contributed by atoms with Crippen LogP contribution in [0.25, 0.3) is 0 Å². The minimum Gasteiger partial charge on any atom is -0.464 e. The summed E-state index contributed by atoms with van der Waals surface area (Å²) in [5.74, 6) is 0.249. The standard InChI is InChI=1S/C10H13NO4/c1-2-13-10(12)7-3-4-9(14-7)15-8-5-6-11-8/h5-7,9H,2-4H2,1H3/t7-,9+/m1/s1. The molecule has 0 spiro atoms. The van der Waals surface area contributed by atoms with Gasteiger partial charge in [-0.2, -0.15) is 0 Å². The van der Waals surface area contributed by atoms with E-state index < -0.39 is 6.10 Å². The Morgan fingerprint density at radius 1 is 1.67 bits per heavy atom. The Balaban J connectivity index is 1.76. The number of aliphatic imine (C=N–C) groups is 1. The maximum Gasteiger partial charge on any atom is 0.335 e. The van der Waals surface area contributed by atoms with Gasteiger partial charge in [0.15, 0.2) is 6.10 Å². The summed E-state index contributed by atoms with van der Waals surface area (Å²) in [6.45, 7) is 2.15. The van der Waals surface area contributed by atoms with Crippen LogP contribution in [0.4, 0.5) is 0 Å². The molecule has 0 N–H and O–H groups in total. The number of carbonyl (C=O) groups excluding carboxylic acids is 1. The van der Waals surface area contributed by atoms with E-state index in [1.54, 1.807) is 19.2 Å². The van der Waals surface area contributed by atoms with E-state index in [0.29, 0.717) is 25.3 Å². The Morgan fingerprint density at radius 2 is 2.47 bits per heavy atom. The van der Waals surface area contributed by atoms with E-state index in [9.17, 15) is 4.79 Å². The van der Waals surface area contributed by atoms with E-state index >= 15 is 0 Å². The summed E-state index contributed by atoms with van der Waals surface area (Å²) in [6.07, 6.45) is 3.87. The summed E-state index contributed by atoms with van der Waals surface area (Å²) in [7, 11) is 0. The van der Waals surface area contributed by atoms with Crippen LogP contribution in [0.2, 0.25) is 0 Å². The minimum atomic E-state index is -0.486. The number of hydrogen-bond donors (Lipinski definition) is 0. The molecule has 82 valence electrons. The van der Waals surface area contributed by atoms with Crippen molar-refractivity contribution in [1.82, 2.24) is 0 Å². The van der Waals surface area contributed by atoms with Crippen molar-refractivity contribution in [2.45, 2.75) is 32.2 Å². The van der Waals surface area contributed by atoms with Crippen LogP contribution in [-0.4, -0.2) is 30.9 Å². The summed E-state index contributed by atoms with van der Waals surface area (Å²) < 4.78 is 15.6. The Bertz CT molecular complexity index is 311. The van der Waals surface area contributed by atoms with Crippen molar-refractivity contribution in [2.24, 2.45) is 4.99 Å². The molecule has 0 unspecified atom stereocenters. The van der Waals surface area contributed by atoms with E-state index in [2.05, 4.69) is 4.99 Å². The molecule has 2 atom stereocenters. The van der Waals surface area contributed by atoms with Gasteiger partial charge in [0.2, 0.25) is 12.2 Å². The molecule has 2 rings (SSSR count). The molecule has 1 saturated heterocycles.